The number of methoxy groups -OCH3 is 1. The molecule has 0 radical (unpaired) electrons. The second-order valence-electron chi connectivity index (χ2n) is 18.2. The number of carbonyl (C=O) groups excluding carboxylic acids is 1. The Hall–Kier alpha value is -1.29. The van der Waals surface area contributed by atoms with Crippen LogP contribution in [0.4, 0.5) is 0 Å². The van der Waals surface area contributed by atoms with Gasteiger partial charge in [-0.3, -0.25) is 4.79 Å². The van der Waals surface area contributed by atoms with Crippen LogP contribution in [0.1, 0.15) is 96.8 Å². The van der Waals surface area contributed by atoms with Crippen LogP contribution in [0.15, 0.2) is 24.3 Å². The minimum Gasteiger partial charge on any atom is -0.392 e. The molecule has 53 heavy (non-hydrogen) atoms. The Morgan fingerprint density at radius 2 is 1.66 bits per heavy atom. The number of fused-ring (bicyclic) bond motifs is 6. The van der Waals surface area contributed by atoms with Crippen LogP contribution >= 0.6 is 0 Å². The van der Waals surface area contributed by atoms with E-state index in [9.17, 15) is 15.0 Å². The van der Waals surface area contributed by atoms with Crippen molar-refractivity contribution in [3.63, 3.8) is 0 Å². The van der Waals surface area contributed by atoms with Crippen molar-refractivity contribution in [3.8, 4) is 0 Å². The second-order valence-corrected chi connectivity index (χ2v) is 18.2. The second kappa shape index (κ2) is 14.3. The molecule has 0 aromatic carbocycles. The van der Waals surface area contributed by atoms with Crippen molar-refractivity contribution in [1.82, 2.24) is 0 Å². The number of aliphatic hydroxyl groups excluding tert-OH is 1. The lowest BCUT2D eigenvalue weighted by atomic mass is 9.80. The summed E-state index contributed by atoms with van der Waals surface area (Å²) in [6.07, 6.45) is 4.32. The van der Waals surface area contributed by atoms with Crippen molar-refractivity contribution >= 4 is 5.78 Å². The van der Waals surface area contributed by atoms with E-state index in [0.717, 1.165) is 43.3 Å². The summed E-state index contributed by atoms with van der Waals surface area (Å²) in [4.78, 5) is 14.1. The highest BCUT2D eigenvalue weighted by atomic mass is 16.7. The molecule has 1 spiro atoms. The summed E-state index contributed by atoms with van der Waals surface area (Å²) in [7, 11) is 1.65. The molecule has 12 bridgehead atoms. The van der Waals surface area contributed by atoms with E-state index in [1.807, 2.05) is 0 Å². The van der Waals surface area contributed by atoms with Crippen molar-refractivity contribution in [2.75, 3.05) is 13.7 Å². The van der Waals surface area contributed by atoms with E-state index >= 15 is 0 Å². The van der Waals surface area contributed by atoms with Crippen LogP contribution in [0.5, 0.6) is 0 Å². The molecule has 10 rings (SSSR count). The summed E-state index contributed by atoms with van der Waals surface area (Å²) in [5, 5.41) is 22.8. The predicted molar refractivity (Wildman–Crippen MR) is 191 cm³/mol. The fourth-order valence-electron chi connectivity index (χ4n) is 12.0. The molecule has 1 aliphatic carbocycles. The van der Waals surface area contributed by atoms with Gasteiger partial charge < -0.3 is 53.8 Å². The van der Waals surface area contributed by atoms with E-state index in [1.54, 1.807) is 7.11 Å². The number of aliphatic hydroxyl groups is 2. The summed E-state index contributed by atoms with van der Waals surface area (Å²) in [5.74, 6) is -0.600. The zero-order valence-corrected chi connectivity index (χ0v) is 31.5. The number of ether oxygens (including phenoxy) is 8. The number of carbonyl (C=O) groups is 1. The van der Waals surface area contributed by atoms with Crippen LogP contribution in [0, 0.1) is 17.8 Å². The first-order valence-corrected chi connectivity index (χ1v) is 20.6. The van der Waals surface area contributed by atoms with Gasteiger partial charge in [-0.2, -0.15) is 0 Å². The zero-order chi connectivity index (χ0) is 36.8. The SMILES string of the molecule is C=C1C[C@@H]2CC[C@@]34CC5CC6(O)[C@@H](O3)[C@H]3O[C@H](CC[C@@H]3O[C@H]6[C@H]5O4)CC(=O)C[C@@H]3[C@@H](OC)[C@@H](C[C@H](O)CN)O[C@H]3C[C@H]3O[C@@H](CC[C@@H]1O2)C[C@@H](C)C3=C. The first-order chi connectivity index (χ1) is 25.5. The number of rotatable bonds is 4. The van der Waals surface area contributed by atoms with Crippen molar-refractivity contribution in [2.45, 2.75) is 194 Å². The van der Waals surface area contributed by atoms with Crippen LogP contribution in [-0.2, 0) is 42.7 Å². The summed E-state index contributed by atoms with van der Waals surface area (Å²) < 4.78 is 53.4. The summed E-state index contributed by atoms with van der Waals surface area (Å²) in [6.45, 7) is 11.2. The minimum absolute atomic E-state index is 0.0201. The third-order valence-electron chi connectivity index (χ3n) is 14.7. The van der Waals surface area contributed by atoms with E-state index in [0.29, 0.717) is 44.9 Å². The highest BCUT2D eigenvalue weighted by Crippen LogP contribution is 2.61. The number of ketones is 1. The van der Waals surface area contributed by atoms with Crippen LogP contribution in [0.25, 0.3) is 0 Å². The largest absolute Gasteiger partial charge is 0.392 e. The summed E-state index contributed by atoms with van der Waals surface area (Å²) in [6, 6.07) is 0. The molecule has 0 aromatic heterocycles. The van der Waals surface area contributed by atoms with Gasteiger partial charge >= 0.3 is 0 Å². The maximum Gasteiger partial charge on any atom is 0.169 e. The van der Waals surface area contributed by atoms with E-state index in [2.05, 4.69) is 20.1 Å². The quantitative estimate of drug-likeness (QED) is 0.361. The van der Waals surface area contributed by atoms with Crippen LogP contribution in [0.3, 0.4) is 0 Å². The first-order valence-electron chi connectivity index (χ1n) is 20.6. The standard InChI is InChI=1S/C41H61NO11/c1-20-11-26-5-7-30-21(2)12-28(47-30)9-10-40-17-23-18-41(45)38(35(23)52-40)51-31-8-6-27(49-37(31)39(41)53-40)13-24(43)14-29-33(16-32(48-26)22(20)3)50-34(36(29)46-4)15-25(44)19-42/h20,23,25-39,44-45H,2-3,5-19,42H2,1,4H3/t20-,23?,25+,26+,27-,28+,29+,30+,31+,32-,33+,34-,35+,36-,37+,38+,39+,40+,41?/m1/s1. The molecule has 12 heteroatoms. The predicted octanol–water partition coefficient (Wildman–Crippen LogP) is 3.42. The fourth-order valence-corrected chi connectivity index (χ4v) is 12.0. The topological polar surface area (TPSA) is 157 Å². The Kier molecular flexibility index (Phi) is 10.0. The molecule has 0 aromatic rings. The number of hydrogen-bond acceptors (Lipinski definition) is 12. The molecule has 1 saturated carbocycles. The number of Topliss-reactive ketones (excluding diaryl/α,β-unsaturated/α-hetero) is 1. The van der Waals surface area contributed by atoms with Gasteiger partial charge in [0.05, 0.1) is 67.1 Å². The molecule has 296 valence electrons. The van der Waals surface area contributed by atoms with E-state index in [1.165, 1.54) is 0 Å². The molecule has 10 fully saturated rings. The molecule has 4 N–H and O–H groups in total. The average molecular weight is 744 g/mol. The van der Waals surface area contributed by atoms with Crippen molar-refractivity contribution in [2.24, 2.45) is 23.5 Å². The maximum absolute atomic E-state index is 14.1. The molecular formula is C41H61NO11. The molecule has 9 saturated heterocycles. The van der Waals surface area contributed by atoms with Gasteiger partial charge in [-0.1, -0.05) is 20.1 Å². The summed E-state index contributed by atoms with van der Waals surface area (Å²) >= 11 is 0. The minimum atomic E-state index is -1.21. The Balaban J connectivity index is 1.00. The van der Waals surface area contributed by atoms with Crippen molar-refractivity contribution < 1.29 is 52.9 Å². The Morgan fingerprint density at radius 3 is 2.47 bits per heavy atom. The van der Waals surface area contributed by atoms with Crippen molar-refractivity contribution in [1.29, 1.82) is 0 Å². The maximum atomic E-state index is 14.1. The highest BCUT2D eigenvalue weighted by Gasteiger charge is 2.73. The monoisotopic (exact) mass is 743 g/mol. The fraction of sp³-hybridized carbons (Fsp3) is 0.878. The van der Waals surface area contributed by atoms with Gasteiger partial charge in [0.1, 0.15) is 29.7 Å². The van der Waals surface area contributed by atoms with E-state index in [-0.39, 0.29) is 91.8 Å². The van der Waals surface area contributed by atoms with Gasteiger partial charge in [0, 0.05) is 58.1 Å². The van der Waals surface area contributed by atoms with Crippen LogP contribution in [0.2, 0.25) is 0 Å². The van der Waals surface area contributed by atoms with E-state index < -0.39 is 48.0 Å². The van der Waals surface area contributed by atoms with Gasteiger partial charge in [-0.15, -0.1) is 0 Å². The summed E-state index contributed by atoms with van der Waals surface area (Å²) in [5.41, 5.74) is 6.78. The van der Waals surface area contributed by atoms with Gasteiger partial charge in [-0.25, -0.2) is 0 Å². The van der Waals surface area contributed by atoms with Gasteiger partial charge in [0.25, 0.3) is 0 Å². The number of nitrogens with two attached hydrogens (primary N) is 1. The molecule has 10 aliphatic rings. The Labute approximate surface area is 313 Å². The highest BCUT2D eigenvalue weighted by molar-refractivity contribution is 5.79. The molecule has 0 amide bonds. The smallest absolute Gasteiger partial charge is 0.169 e. The normalized spacial score (nSPS) is 53.0. The van der Waals surface area contributed by atoms with Gasteiger partial charge in [0.2, 0.25) is 0 Å². The Morgan fingerprint density at radius 1 is 0.868 bits per heavy atom. The number of hydrogen-bond donors (Lipinski definition) is 3. The third kappa shape index (κ3) is 6.63. The van der Waals surface area contributed by atoms with Crippen molar-refractivity contribution in [3.05, 3.63) is 24.3 Å². The average Bonchev–Trinajstić information content (AvgIpc) is 3.80. The van der Waals surface area contributed by atoms with Crippen LogP contribution < -0.4 is 5.73 Å². The van der Waals surface area contributed by atoms with E-state index in [4.69, 9.17) is 43.6 Å². The first kappa shape index (κ1) is 37.3. The van der Waals surface area contributed by atoms with Crippen LogP contribution in [-0.4, -0.2) is 126 Å². The molecule has 9 aliphatic heterocycles. The molecule has 2 unspecified atom stereocenters. The molecular weight excluding hydrogens is 682 g/mol. The lowest BCUT2D eigenvalue weighted by Crippen LogP contribution is -2.67. The molecule has 19 atom stereocenters. The Bertz CT molecular complexity index is 1430. The third-order valence-corrected chi connectivity index (χ3v) is 14.7. The molecule has 9 heterocycles. The molecule has 12 nitrogen and oxygen atoms in total. The lowest BCUT2D eigenvalue weighted by Gasteiger charge is -2.51. The lowest BCUT2D eigenvalue weighted by molar-refractivity contribution is -0.318. The zero-order valence-electron chi connectivity index (χ0n) is 31.5. The van der Waals surface area contributed by atoms with Gasteiger partial charge in [-0.05, 0) is 74.3 Å². The van der Waals surface area contributed by atoms with Gasteiger partial charge in [0.15, 0.2) is 5.79 Å².